The van der Waals surface area contributed by atoms with E-state index in [2.05, 4.69) is 31.3 Å². The molecule has 0 saturated carbocycles. The number of thiocarbonyl (C=S) groups is 1. The van der Waals surface area contributed by atoms with Gasteiger partial charge in [-0.2, -0.15) is 0 Å². The minimum Gasteiger partial charge on any atom is -0.374 e. The number of nitrogens with zero attached hydrogens (tertiary/aromatic N) is 1. The summed E-state index contributed by atoms with van der Waals surface area (Å²) in [6.07, 6.45) is 0. The van der Waals surface area contributed by atoms with Gasteiger partial charge in [-0.1, -0.05) is 56.4 Å². The normalized spacial score (nSPS) is 12.1. The number of carbonyl (C=O) groups excluding carboxylic acids is 1. The lowest BCUT2D eigenvalue weighted by molar-refractivity contribution is -0.129. The molecule has 0 heterocycles. The maximum Gasteiger partial charge on any atom is 0.219 e. The zero-order valence-corrected chi connectivity index (χ0v) is 12.8. The maximum atomic E-state index is 11.5. The Hall–Kier alpha value is -1.42. The van der Waals surface area contributed by atoms with Gasteiger partial charge in [0, 0.05) is 20.5 Å². The SMILES string of the molecule is CC(=O)N(C)[C@H](C(=S)NCc1ccccc1)C(C)C. The van der Waals surface area contributed by atoms with Gasteiger partial charge < -0.3 is 10.2 Å². The molecule has 1 rings (SSSR count). The lowest BCUT2D eigenvalue weighted by Gasteiger charge is -2.31. The van der Waals surface area contributed by atoms with Crippen molar-refractivity contribution >= 4 is 23.1 Å². The molecule has 1 N–H and O–H groups in total. The van der Waals surface area contributed by atoms with Gasteiger partial charge in [-0.15, -0.1) is 0 Å². The third-order valence-corrected chi connectivity index (χ3v) is 3.51. The van der Waals surface area contributed by atoms with Crippen molar-refractivity contribution in [1.82, 2.24) is 10.2 Å². The molecule has 0 aliphatic carbocycles. The molecule has 0 bridgehead atoms. The second kappa shape index (κ2) is 7.24. The van der Waals surface area contributed by atoms with Gasteiger partial charge >= 0.3 is 0 Å². The Labute approximate surface area is 121 Å². The van der Waals surface area contributed by atoms with Gasteiger partial charge in [-0.25, -0.2) is 0 Å². The standard InChI is InChI=1S/C15H22N2OS/c1-11(2)14(17(4)12(3)18)15(19)16-10-13-8-6-5-7-9-13/h5-9,11,14H,10H2,1-4H3,(H,16,19)/t14-/m0/s1. The third-order valence-electron chi connectivity index (χ3n) is 3.12. The summed E-state index contributed by atoms with van der Waals surface area (Å²) in [4.78, 5) is 13.9. The molecule has 104 valence electrons. The summed E-state index contributed by atoms with van der Waals surface area (Å²) in [5.74, 6) is 0.312. The lowest BCUT2D eigenvalue weighted by Crippen LogP contribution is -2.48. The number of amides is 1. The number of carbonyl (C=O) groups is 1. The van der Waals surface area contributed by atoms with Crippen LogP contribution < -0.4 is 5.32 Å². The summed E-state index contributed by atoms with van der Waals surface area (Å²) in [5.41, 5.74) is 1.18. The second-order valence-electron chi connectivity index (χ2n) is 5.02. The Morgan fingerprint density at radius 1 is 1.32 bits per heavy atom. The highest BCUT2D eigenvalue weighted by atomic mass is 32.1. The molecule has 1 atom stereocenters. The van der Waals surface area contributed by atoms with Crippen LogP contribution in [0.2, 0.25) is 0 Å². The Balaban J connectivity index is 2.65. The van der Waals surface area contributed by atoms with Gasteiger partial charge in [0.2, 0.25) is 5.91 Å². The Morgan fingerprint density at radius 3 is 2.37 bits per heavy atom. The molecular formula is C15H22N2OS. The first-order chi connectivity index (χ1) is 8.93. The number of hydrogen-bond acceptors (Lipinski definition) is 2. The second-order valence-corrected chi connectivity index (χ2v) is 5.46. The molecule has 0 unspecified atom stereocenters. The quantitative estimate of drug-likeness (QED) is 0.840. The maximum absolute atomic E-state index is 11.5. The predicted octanol–water partition coefficient (Wildman–Crippen LogP) is 2.61. The van der Waals surface area contributed by atoms with Crippen molar-refractivity contribution in [1.29, 1.82) is 0 Å². The van der Waals surface area contributed by atoms with Crippen LogP contribution in [-0.2, 0) is 11.3 Å². The molecule has 0 aromatic heterocycles. The number of benzene rings is 1. The molecule has 1 aromatic rings. The van der Waals surface area contributed by atoms with Gasteiger partial charge in [0.15, 0.2) is 0 Å². The first kappa shape index (κ1) is 15.6. The van der Waals surface area contributed by atoms with Crippen LogP contribution in [0.3, 0.4) is 0 Å². The van der Waals surface area contributed by atoms with E-state index in [1.54, 1.807) is 18.9 Å². The van der Waals surface area contributed by atoms with Crippen molar-refractivity contribution in [2.75, 3.05) is 7.05 Å². The zero-order chi connectivity index (χ0) is 14.4. The van der Waals surface area contributed by atoms with E-state index in [1.807, 2.05) is 18.2 Å². The van der Waals surface area contributed by atoms with Crippen LogP contribution in [0.4, 0.5) is 0 Å². The number of rotatable bonds is 5. The predicted molar refractivity (Wildman–Crippen MR) is 82.9 cm³/mol. The van der Waals surface area contributed by atoms with Crippen molar-refractivity contribution in [2.24, 2.45) is 5.92 Å². The molecule has 1 aromatic carbocycles. The summed E-state index contributed by atoms with van der Waals surface area (Å²) >= 11 is 5.44. The van der Waals surface area contributed by atoms with Crippen molar-refractivity contribution in [3.63, 3.8) is 0 Å². The van der Waals surface area contributed by atoms with E-state index >= 15 is 0 Å². The summed E-state index contributed by atoms with van der Waals surface area (Å²) in [7, 11) is 1.80. The van der Waals surface area contributed by atoms with Crippen LogP contribution in [0.5, 0.6) is 0 Å². The third kappa shape index (κ3) is 4.63. The highest BCUT2D eigenvalue weighted by molar-refractivity contribution is 7.80. The minimum atomic E-state index is -0.0591. The average molecular weight is 278 g/mol. The summed E-state index contributed by atoms with van der Waals surface area (Å²) in [6, 6.07) is 10.0. The van der Waals surface area contributed by atoms with E-state index in [1.165, 1.54) is 5.56 Å². The van der Waals surface area contributed by atoms with Crippen molar-refractivity contribution < 1.29 is 4.79 Å². The van der Waals surface area contributed by atoms with Gasteiger partial charge in [0.1, 0.15) is 0 Å². The fraction of sp³-hybridized carbons (Fsp3) is 0.467. The fourth-order valence-electron chi connectivity index (χ4n) is 2.01. The topological polar surface area (TPSA) is 32.3 Å². The molecule has 0 radical (unpaired) electrons. The summed E-state index contributed by atoms with van der Waals surface area (Å²) in [6.45, 7) is 6.39. The Kier molecular flexibility index (Phi) is 5.96. The van der Waals surface area contributed by atoms with E-state index in [-0.39, 0.29) is 17.9 Å². The van der Waals surface area contributed by atoms with Crippen molar-refractivity contribution in [3.05, 3.63) is 35.9 Å². The lowest BCUT2D eigenvalue weighted by atomic mass is 10.0. The van der Waals surface area contributed by atoms with Crippen LogP contribution in [0, 0.1) is 5.92 Å². The van der Waals surface area contributed by atoms with E-state index < -0.39 is 0 Å². The van der Waals surface area contributed by atoms with Crippen molar-refractivity contribution in [3.8, 4) is 0 Å². The molecule has 0 aliphatic heterocycles. The van der Waals surface area contributed by atoms with Gasteiger partial charge in [0.05, 0.1) is 11.0 Å². The molecule has 19 heavy (non-hydrogen) atoms. The molecule has 0 spiro atoms. The molecular weight excluding hydrogens is 256 g/mol. The van der Waals surface area contributed by atoms with Crippen LogP contribution in [0.25, 0.3) is 0 Å². The molecule has 1 amide bonds. The van der Waals surface area contributed by atoms with Crippen molar-refractivity contribution in [2.45, 2.75) is 33.4 Å². The minimum absolute atomic E-state index is 0.0301. The van der Waals surface area contributed by atoms with E-state index in [9.17, 15) is 4.79 Å². The number of nitrogens with one attached hydrogen (secondary N) is 1. The van der Waals surface area contributed by atoms with E-state index in [0.29, 0.717) is 6.54 Å². The van der Waals surface area contributed by atoms with Crippen LogP contribution in [-0.4, -0.2) is 28.9 Å². The zero-order valence-electron chi connectivity index (χ0n) is 12.0. The average Bonchev–Trinajstić information content (AvgIpc) is 2.37. The molecule has 0 fully saturated rings. The van der Waals surface area contributed by atoms with Gasteiger partial charge in [-0.05, 0) is 11.5 Å². The Morgan fingerprint density at radius 2 is 1.89 bits per heavy atom. The van der Waals surface area contributed by atoms with E-state index in [4.69, 9.17) is 12.2 Å². The highest BCUT2D eigenvalue weighted by Gasteiger charge is 2.24. The van der Waals surface area contributed by atoms with E-state index in [0.717, 1.165) is 4.99 Å². The fourth-order valence-corrected chi connectivity index (χ4v) is 2.51. The molecule has 0 aliphatic rings. The molecule has 4 heteroatoms. The van der Waals surface area contributed by atoms with Gasteiger partial charge in [0.25, 0.3) is 0 Å². The van der Waals surface area contributed by atoms with Crippen LogP contribution >= 0.6 is 12.2 Å². The van der Waals surface area contributed by atoms with Crippen LogP contribution in [0.15, 0.2) is 30.3 Å². The smallest absolute Gasteiger partial charge is 0.219 e. The molecule has 0 saturated heterocycles. The monoisotopic (exact) mass is 278 g/mol. The van der Waals surface area contributed by atoms with Gasteiger partial charge in [-0.3, -0.25) is 4.79 Å². The summed E-state index contributed by atoms with van der Waals surface area (Å²) < 4.78 is 0. The first-order valence-electron chi connectivity index (χ1n) is 6.48. The first-order valence-corrected chi connectivity index (χ1v) is 6.89. The number of likely N-dealkylation sites (N-methyl/N-ethyl adjacent to an activating group) is 1. The summed E-state index contributed by atoms with van der Waals surface area (Å²) in [5, 5.41) is 3.25. The van der Waals surface area contributed by atoms with Crippen LogP contribution in [0.1, 0.15) is 26.3 Å². The molecule has 3 nitrogen and oxygen atoms in total. The number of hydrogen-bond donors (Lipinski definition) is 1. The Bertz CT molecular complexity index is 431. The largest absolute Gasteiger partial charge is 0.374 e. The highest BCUT2D eigenvalue weighted by Crippen LogP contribution is 2.11.